The van der Waals surface area contributed by atoms with E-state index in [-0.39, 0.29) is 0 Å². The third kappa shape index (κ3) is 3.39. The van der Waals surface area contributed by atoms with Crippen LogP contribution in [-0.4, -0.2) is 56.5 Å². The average molecular weight is 338 g/mol. The van der Waals surface area contributed by atoms with Crippen molar-refractivity contribution in [1.29, 1.82) is 0 Å². The maximum Gasteiger partial charge on any atom is 0.243 e. The Morgan fingerprint density at radius 3 is 2.30 bits per heavy atom. The summed E-state index contributed by atoms with van der Waals surface area (Å²) in [5, 5.41) is 0. The summed E-state index contributed by atoms with van der Waals surface area (Å²) in [5.74, 6) is 0.766. The minimum Gasteiger partial charge on any atom is -0.494 e. The van der Waals surface area contributed by atoms with Crippen molar-refractivity contribution in [3.8, 4) is 5.75 Å². The van der Waals surface area contributed by atoms with Gasteiger partial charge in [0, 0.05) is 32.2 Å². The van der Waals surface area contributed by atoms with Crippen molar-refractivity contribution in [2.24, 2.45) is 0 Å². The van der Waals surface area contributed by atoms with Gasteiger partial charge < -0.3 is 4.74 Å². The molecule has 0 radical (unpaired) electrons. The zero-order chi connectivity index (χ0) is 16.6. The van der Waals surface area contributed by atoms with Crippen LogP contribution in [-0.2, 0) is 10.0 Å². The van der Waals surface area contributed by atoms with Crippen LogP contribution in [0.3, 0.4) is 0 Å². The van der Waals surface area contributed by atoms with Gasteiger partial charge in [0.2, 0.25) is 10.0 Å². The van der Waals surface area contributed by atoms with E-state index in [1.54, 1.807) is 10.4 Å². The van der Waals surface area contributed by atoms with Crippen LogP contribution in [0.15, 0.2) is 17.0 Å². The Morgan fingerprint density at radius 2 is 1.74 bits per heavy atom. The molecule has 1 aromatic carbocycles. The van der Waals surface area contributed by atoms with Crippen molar-refractivity contribution in [2.75, 3.05) is 32.8 Å². The first-order valence-electron chi connectivity index (χ1n) is 8.41. The summed E-state index contributed by atoms with van der Waals surface area (Å²) >= 11 is 0. The highest BCUT2D eigenvalue weighted by atomic mass is 32.2. The van der Waals surface area contributed by atoms with Gasteiger partial charge in [0.15, 0.2) is 0 Å². The second-order valence-electron chi connectivity index (χ2n) is 6.49. The van der Waals surface area contributed by atoms with Gasteiger partial charge in [-0.3, -0.25) is 4.90 Å². The number of benzene rings is 1. The first-order chi connectivity index (χ1) is 10.9. The monoisotopic (exact) mass is 338 g/mol. The van der Waals surface area contributed by atoms with Gasteiger partial charge in [0.25, 0.3) is 0 Å². The summed E-state index contributed by atoms with van der Waals surface area (Å²) in [6.45, 7) is 9.12. The van der Waals surface area contributed by atoms with Crippen molar-refractivity contribution < 1.29 is 13.2 Å². The third-order valence-corrected chi connectivity index (χ3v) is 6.77. The fraction of sp³-hybridized carbons (Fsp3) is 0.647. The van der Waals surface area contributed by atoms with Gasteiger partial charge >= 0.3 is 0 Å². The topological polar surface area (TPSA) is 49.9 Å². The molecule has 5 nitrogen and oxygen atoms in total. The molecule has 128 valence electrons. The van der Waals surface area contributed by atoms with E-state index in [0.29, 0.717) is 30.6 Å². The lowest BCUT2D eigenvalue weighted by Gasteiger charge is -2.34. The molecule has 0 aromatic heterocycles. The van der Waals surface area contributed by atoms with Crippen LogP contribution >= 0.6 is 0 Å². The van der Waals surface area contributed by atoms with Crippen molar-refractivity contribution in [3.05, 3.63) is 23.3 Å². The molecular weight excluding hydrogens is 312 g/mol. The molecule has 2 aliphatic rings. The maximum atomic E-state index is 13.0. The standard InChI is InChI=1S/C17H26N2O3S/c1-4-22-16-11-14(3)17(12-13(16)2)23(20,21)19-9-7-18(8-10-19)15-5-6-15/h11-12,15H,4-10H2,1-3H3. The molecule has 0 bridgehead atoms. The molecule has 0 atom stereocenters. The van der Waals surface area contributed by atoms with Crippen LogP contribution in [0.2, 0.25) is 0 Å². The number of hydrogen-bond donors (Lipinski definition) is 0. The van der Waals surface area contributed by atoms with E-state index >= 15 is 0 Å². The van der Waals surface area contributed by atoms with E-state index in [1.807, 2.05) is 26.8 Å². The van der Waals surface area contributed by atoms with E-state index in [9.17, 15) is 8.42 Å². The third-order valence-electron chi connectivity index (χ3n) is 4.73. The number of nitrogens with zero attached hydrogens (tertiary/aromatic N) is 2. The van der Waals surface area contributed by atoms with Crippen molar-refractivity contribution >= 4 is 10.0 Å². The second-order valence-corrected chi connectivity index (χ2v) is 8.39. The smallest absolute Gasteiger partial charge is 0.243 e. The molecule has 23 heavy (non-hydrogen) atoms. The summed E-state index contributed by atoms with van der Waals surface area (Å²) in [6, 6.07) is 4.30. The van der Waals surface area contributed by atoms with E-state index < -0.39 is 10.0 Å². The number of hydrogen-bond acceptors (Lipinski definition) is 4. The Balaban J connectivity index is 1.80. The van der Waals surface area contributed by atoms with Crippen LogP contribution in [0.25, 0.3) is 0 Å². The quantitative estimate of drug-likeness (QED) is 0.826. The van der Waals surface area contributed by atoms with Gasteiger partial charge in [0.05, 0.1) is 11.5 Å². The summed E-state index contributed by atoms with van der Waals surface area (Å²) < 4.78 is 33.2. The maximum absolute atomic E-state index is 13.0. The molecule has 1 saturated carbocycles. The van der Waals surface area contributed by atoms with Crippen LogP contribution in [0.5, 0.6) is 5.75 Å². The highest BCUT2D eigenvalue weighted by molar-refractivity contribution is 7.89. The van der Waals surface area contributed by atoms with Gasteiger partial charge in [-0.2, -0.15) is 4.31 Å². The van der Waals surface area contributed by atoms with Gasteiger partial charge in [-0.1, -0.05) is 0 Å². The first kappa shape index (κ1) is 16.7. The molecule has 1 aliphatic heterocycles. The number of sulfonamides is 1. The van der Waals surface area contributed by atoms with Crippen LogP contribution in [0.4, 0.5) is 0 Å². The number of aryl methyl sites for hydroxylation is 2. The zero-order valence-electron chi connectivity index (χ0n) is 14.2. The first-order valence-corrected chi connectivity index (χ1v) is 9.85. The lowest BCUT2D eigenvalue weighted by molar-refractivity contribution is 0.180. The molecule has 1 aromatic rings. The molecule has 6 heteroatoms. The summed E-state index contributed by atoms with van der Waals surface area (Å²) in [6.07, 6.45) is 2.54. The van der Waals surface area contributed by atoms with Crippen molar-refractivity contribution in [3.63, 3.8) is 0 Å². The fourth-order valence-electron chi connectivity index (χ4n) is 3.24. The predicted molar refractivity (Wildman–Crippen MR) is 90.4 cm³/mol. The Kier molecular flexibility index (Phi) is 4.67. The SMILES string of the molecule is CCOc1cc(C)c(S(=O)(=O)N2CCN(C3CC3)CC2)cc1C. The molecule has 3 rings (SSSR count). The van der Waals surface area contributed by atoms with Gasteiger partial charge in [-0.25, -0.2) is 8.42 Å². The number of ether oxygens (including phenoxy) is 1. The minimum absolute atomic E-state index is 0.415. The molecule has 0 unspecified atom stereocenters. The molecule has 0 spiro atoms. The molecule has 1 saturated heterocycles. The van der Waals surface area contributed by atoms with Gasteiger partial charge in [-0.15, -0.1) is 0 Å². The van der Waals surface area contributed by atoms with Gasteiger partial charge in [-0.05, 0) is 56.9 Å². The summed E-state index contributed by atoms with van der Waals surface area (Å²) in [4.78, 5) is 2.83. The van der Waals surface area contributed by atoms with Gasteiger partial charge in [0.1, 0.15) is 5.75 Å². The molecular formula is C17H26N2O3S. The minimum atomic E-state index is -3.42. The zero-order valence-corrected chi connectivity index (χ0v) is 15.0. The molecule has 0 N–H and O–H groups in total. The molecule has 2 fully saturated rings. The van der Waals surface area contributed by atoms with E-state index in [1.165, 1.54) is 12.8 Å². The highest BCUT2D eigenvalue weighted by Gasteiger charge is 2.35. The van der Waals surface area contributed by atoms with Crippen LogP contribution < -0.4 is 4.74 Å². The molecule has 0 amide bonds. The largest absolute Gasteiger partial charge is 0.494 e. The van der Waals surface area contributed by atoms with Crippen LogP contribution in [0.1, 0.15) is 30.9 Å². The molecule has 1 aliphatic carbocycles. The average Bonchev–Trinajstić information content (AvgIpc) is 3.35. The Labute approximate surface area is 139 Å². The van der Waals surface area contributed by atoms with E-state index in [2.05, 4.69) is 4.90 Å². The van der Waals surface area contributed by atoms with E-state index in [0.717, 1.165) is 30.0 Å². The van der Waals surface area contributed by atoms with Crippen molar-refractivity contribution in [1.82, 2.24) is 9.21 Å². The Bertz CT molecular complexity index is 675. The fourth-order valence-corrected chi connectivity index (χ4v) is 4.95. The number of rotatable bonds is 5. The Hall–Kier alpha value is -1.11. The summed E-state index contributed by atoms with van der Waals surface area (Å²) in [7, 11) is -3.42. The lowest BCUT2D eigenvalue weighted by Crippen LogP contribution is -2.49. The van der Waals surface area contributed by atoms with E-state index in [4.69, 9.17) is 4.74 Å². The van der Waals surface area contributed by atoms with Crippen LogP contribution in [0, 0.1) is 13.8 Å². The lowest BCUT2D eigenvalue weighted by atomic mass is 10.1. The Morgan fingerprint density at radius 1 is 1.09 bits per heavy atom. The van der Waals surface area contributed by atoms with Crippen molar-refractivity contribution in [2.45, 2.75) is 44.6 Å². The predicted octanol–water partition coefficient (Wildman–Crippen LogP) is 2.17. The number of piperazine rings is 1. The second kappa shape index (κ2) is 6.42. The normalized spacial score (nSPS) is 20.7. The molecule has 1 heterocycles. The highest BCUT2D eigenvalue weighted by Crippen LogP contribution is 2.31. The summed E-state index contributed by atoms with van der Waals surface area (Å²) in [5.41, 5.74) is 1.62.